The van der Waals surface area contributed by atoms with E-state index in [0.717, 1.165) is 14.4 Å². The highest BCUT2D eigenvalue weighted by Gasteiger charge is 2.11. The van der Waals surface area contributed by atoms with Crippen LogP contribution in [0.2, 0.25) is 0 Å². The van der Waals surface area contributed by atoms with Gasteiger partial charge in [0.05, 0.1) is 17.0 Å². The lowest BCUT2D eigenvalue weighted by Gasteiger charge is -2.06. The van der Waals surface area contributed by atoms with Crippen LogP contribution in [0.4, 0.5) is 0 Å². The molecule has 122 valence electrons. The van der Waals surface area contributed by atoms with Crippen LogP contribution in [0.25, 0.3) is 9.88 Å². The van der Waals surface area contributed by atoms with Gasteiger partial charge in [-0.1, -0.05) is 18.2 Å². The number of hydrogen-bond acceptors (Lipinski definition) is 5. The molecule has 0 saturated carbocycles. The molecule has 0 fully saturated rings. The number of hydrogen-bond donors (Lipinski definition) is 2. The molecule has 2 N–H and O–H groups in total. The number of rotatable bonds is 4. The Labute approximate surface area is 154 Å². The van der Waals surface area contributed by atoms with Gasteiger partial charge in [0.15, 0.2) is 0 Å². The van der Waals surface area contributed by atoms with Crippen molar-refractivity contribution < 1.29 is 9.59 Å². The number of nitrogens with zero attached hydrogens (tertiary/aromatic N) is 1. The first kappa shape index (κ1) is 16.8. The van der Waals surface area contributed by atoms with Gasteiger partial charge < -0.3 is 0 Å². The Morgan fingerprint density at radius 1 is 1.08 bits per heavy atom. The zero-order valence-corrected chi connectivity index (χ0v) is 15.5. The van der Waals surface area contributed by atoms with Gasteiger partial charge in [-0.25, -0.2) is 4.98 Å². The number of benzene rings is 1. The van der Waals surface area contributed by atoms with Gasteiger partial charge >= 0.3 is 0 Å². The number of halogens is 1. The second-order valence-electron chi connectivity index (χ2n) is 4.82. The lowest BCUT2D eigenvalue weighted by Crippen LogP contribution is -2.42. The number of thiophene rings is 1. The minimum absolute atomic E-state index is 0.109. The van der Waals surface area contributed by atoms with Gasteiger partial charge in [0.1, 0.15) is 5.01 Å². The van der Waals surface area contributed by atoms with Crippen molar-refractivity contribution in [3.8, 4) is 9.88 Å². The van der Waals surface area contributed by atoms with Crippen molar-refractivity contribution in [2.24, 2.45) is 0 Å². The van der Waals surface area contributed by atoms with Crippen LogP contribution in [0.1, 0.15) is 16.1 Å². The summed E-state index contributed by atoms with van der Waals surface area (Å²) >= 11 is 6.49. The monoisotopic (exact) mass is 421 g/mol. The van der Waals surface area contributed by atoms with Gasteiger partial charge in [-0.15, -0.1) is 22.7 Å². The summed E-state index contributed by atoms with van der Waals surface area (Å²) in [6.07, 6.45) is 0.109. The first-order chi connectivity index (χ1) is 11.6. The quantitative estimate of drug-likeness (QED) is 0.631. The van der Waals surface area contributed by atoms with Crippen molar-refractivity contribution in [2.45, 2.75) is 6.42 Å². The van der Waals surface area contributed by atoms with Crippen molar-refractivity contribution in [1.82, 2.24) is 15.8 Å². The molecule has 5 nitrogen and oxygen atoms in total. The molecule has 0 radical (unpaired) electrons. The van der Waals surface area contributed by atoms with Gasteiger partial charge in [0, 0.05) is 20.8 Å². The molecule has 1 aromatic carbocycles. The third kappa shape index (κ3) is 4.28. The molecule has 0 atom stereocenters. The first-order valence-corrected chi connectivity index (χ1v) is 9.50. The maximum absolute atomic E-state index is 11.9. The van der Waals surface area contributed by atoms with Crippen molar-refractivity contribution in [3.63, 3.8) is 0 Å². The van der Waals surface area contributed by atoms with E-state index in [1.807, 2.05) is 22.9 Å². The lowest BCUT2D eigenvalue weighted by atomic mass is 10.2. The molecule has 3 aromatic rings. The fourth-order valence-corrected chi connectivity index (χ4v) is 4.25. The maximum Gasteiger partial charge on any atom is 0.269 e. The molecule has 0 aliphatic rings. The summed E-state index contributed by atoms with van der Waals surface area (Å²) < 4.78 is 1.01. The van der Waals surface area contributed by atoms with Crippen LogP contribution >= 0.6 is 38.6 Å². The molecule has 0 bridgehead atoms. The predicted molar refractivity (Wildman–Crippen MR) is 98.9 cm³/mol. The Balaban J connectivity index is 1.54. The number of amides is 2. The molecular formula is C16H12BrN3O2S2. The van der Waals surface area contributed by atoms with Gasteiger partial charge in [0.25, 0.3) is 5.91 Å². The molecule has 0 saturated heterocycles. The van der Waals surface area contributed by atoms with Crippen molar-refractivity contribution >= 4 is 50.4 Å². The highest BCUT2D eigenvalue weighted by Crippen LogP contribution is 2.31. The summed E-state index contributed by atoms with van der Waals surface area (Å²) in [6, 6.07) is 10.7. The van der Waals surface area contributed by atoms with E-state index in [-0.39, 0.29) is 18.2 Å². The summed E-state index contributed by atoms with van der Waals surface area (Å²) in [5, 5.41) is 4.71. The van der Waals surface area contributed by atoms with Crippen LogP contribution in [-0.2, 0) is 11.2 Å². The smallest absolute Gasteiger partial charge is 0.269 e. The van der Waals surface area contributed by atoms with Gasteiger partial charge in [-0.3, -0.25) is 20.4 Å². The third-order valence-corrected chi connectivity index (χ3v) is 5.77. The van der Waals surface area contributed by atoms with E-state index in [9.17, 15) is 9.59 Å². The minimum atomic E-state index is -0.355. The molecular weight excluding hydrogens is 410 g/mol. The fraction of sp³-hybridized carbons (Fsp3) is 0.0625. The van der Waals surface area contributed by atoms with Crippen LogP contribution in [-0.4, -0.2) is 16.8 Å². The Morgan fingerprint density at radius 3 is 2.58 bits per heavy atom. The minimum Gasteiger partial charge on any atom is -0.273 e. The normalized spacial score (nSPS) is 10.4. The van der Waals surface area contributed by atoms with E-state index in [1.54, 1.807) is 35.6 Å². The van der Waals surface area contributed by atoms with E-state index >= 15 is 0 Å². The molecule has 0 aliphatic heterocycles. The fourth-order valence-electron chi connectivity index (χ4n) is 1.92. The predicted octanol–water partition coefficient (Wildman–Crippen LogP) is 3.64. The molecule has 0 unspecified atom stereocenters. The highest BCUT2D eigenvalue weighted by atomic mass is 79.9. The summed E-state index contributed by atoms with van der Waals surface area (Å²) in [7, 11) is 0. The average molecular weight is 422 g/mol. The highest BCUT2D eigenvalue weighted by molar-refractivity contribution is 9.10. The van der Waals surface area contributed by atoms with E-state index in [1.165, 1.54) is 11.3 Å². The zero-order chi connectivity index (χ0) is 16.9. The molecule has 8 heteroatoms. The molecule has 24 heavy (non-hydrogen) atoms. The summed E-state index contributed by atoms with van der Waals surface area (Å²) in [5.41, 5.74) is 5.95. The standard InChI is InChI=1S/C16H12BrN3O2S2/c17-11-6-13(23-8-11)16-18-12(9-24-16)7-14(21)19-20-15(22)10-4-2-1-3-5-10/h1-6,8-9H,7H2,(H,19,21)(H,20,22). The molecule has 0 spiro atoms. The molecule has 3 rings (SSSR count). The van der Waals surface area contributed by atoms with E-state index in [2.05, 4.69) is 31.8 Å². The van der Waals surface area contributed by atoms with Crippen molar-refractivity contribution in [2.75, 3.05) is 0 Å². The third-order valence-electron chi connectivity index (χ3n) is 3.02. The number of carbonyl (C=O) groups is 2. The first-order valence-electron chi connectivity index (χ1n) is 6.95. The Kier molecular flexibility index (Phi) is 5.39. The maximum atomic E-state index is 11.9. The molecule has 0 aliphatic carbocycles. The Morgan fingerprint density at radius 2 is 1.88 bits per heavy atom. The summed E-state index contributed by atoms with van der Waals surface area (Å²) in [6.45, 7) is 0. The van der Waals surface area contributed by atoms with Crippen LogP contribution in [0.5, 0.6) is 0 Å². The number of carbonyl (C=O) groups excluding carboxylic acids is 2. The van der Waals surface area contributed by atoms with Crippen molar-refractivity contribution in [1.29, 1.82) is 0 Å². The molecule has 2 heterocycles. The van der Waals surface area contributed by atoms with E-state index in [4.69, 9.17) is 0 Å². The van der Waals surface area contributed by atoms with Crippen LogP contribution in [0, 0.1) is 0 Å². The number of hydrazine groups is 1. The van der Waals surface area contributed by atoms with E-state index in [0.29, 0.717) is 11.3 Å². The number of nitrogens with one attached hydrogen (secondary N) is 2. The Bertz CT molecular complexity index is 861. The van der Waals surface area contributed by atoms with Crippen LogP contribution in [0.15, 0.2) is 51.6 Å². The van der Waals surface area contributed by atoms with Crippen LogP contribution < -0.4 is 10.9 Å². The summed E-state index contributed by atoms with van der Waals surface area (Å²) in [4.78, 5) is 29.3. The van der Waals surface area contributed by atoms with E-state index < -0.39 is 0 Å². The number of aromatic nitrogens is 1. The second-order valence-corrected chi connectivity index (χ2v) is 7.50. The molecule has 2 amide bonds. The SMILES string of the molecule is O=C(Cc1csc(-c2cc(Br)cs2)n1)NNC(=O)c1ccccc1. The van der Waals surface area contributed by atoms with Gasteiger partial charge in [0.2, 0.25) is 5.91 Å². The van der Waals surface area contributed by atoms with Gasteiger partial charge in [-0.05, 0) is 34.1 Å². The van der Waals surface area contributed by atoms with Gasteiger partial charge in [-0.2, -0.15) is 0 Å². The Hall–Kier alpha value is -2.03. The average Bonchev–Trinajstić information content (AvgIpc) is 3.22. The number of thiazole rings is 1. The molecule has 2 aromatic heterocycles. The topological polar surface area (TPSA) is 71.1 Å². The largest absolute Gasteiger partial charge is 0.273 e. The van der Waals surface area contributed by atoms with Crippen LogP contribution in [0.3, 0.4) is 0 Å². The summed E-state index contributed by atoms with van der Waals surface area (Å²) in [5.74, 6) is -0.671. The zero-order valence-electron chi connectivity index (χ0n) is 12.3. The lowest BCUT2D eigenvalue weighted by molar-refractivity contribution is -0.121. The van der Waals surface area contributed by atoms with Crippen molar-refractivity contribution in [3.05, 3.63) is 62.9 Å². The second kappa shape index (κ2) is 7.69.